The maximum atomic E-state index is 15.4. The zero-order valence-corrected chi connectivity index (χ0v) is 23.8. The molecule has 11 nitrogen and oxygen atoms in total. The summed E-state index contributed by atoms with van der Waals surface area (Å²) in [6, 6.07) is 9.95. The Kier molecular flexibility index (Phi) is 7.05. The van der Waals surface area contributed by atoms with Crippen molar-refractivity contribution in [2.45, 2.75) is 31.7 Å². The summed E-state index contributed by atoms with van der Waals surface area (Å²) in [4.78, 5) is 19.2. The fraction of sp³-hybridized carbons (Fsp3) is 0.300. The van der Waals surface area contributed by atoms with Crippen LogP contribution in [0.4, 0.5) is 4.39 Å². The number of benzene rings is 1. The molecule has 1 aliphatic heterocycles. The Labute approximate surface area is 251 Å². The molecular formula is C30H28ClFN9O2+. The van der Waals surface area contributed by atoms with E-state index in [-0.39, 0.29) is 34.4 Å². The summed E-state index contributed by atoms with van der Waals surface area (Å²) in [5.74, 6) is -0.308. The maximum Gasteiger partial charge on any atom is 0.258 e. The number of tetrazole rings is 1. The predicted molar refractivity (Wildman–Crippen MR) is 153 cm³/mol. The Morgan fingerprint density at radius 3 is 2.65 bits per heavy atom. The molecule has 5 heterocycles. The van der Waals surface area contributed by atoms with E-state index in [0.717, 1.165) is 48.2 Å². The highest BCUT2D eigenvalue weighted by Crippen LogP contribution is 2.47. The summed E-state index contributed by atoms with van der Waals surface area (Å²) >= 11 is 6.15. The summed E-state index contributed by atoms with van der Waals surface area (Å²) in [5.41, 5.74) is 3.30. The lowest BCUT2D eigenvalue weighted by Crippen LogP contribution is -2.38. The standard InChI is InChI=1S/C30H28ClFN9O2/c31-24-4-6-26(40-18-34-36-37-40)28(29(24)32)20-3-5-25(41(43)17-20)27(14-21-13-23(21)30(42)38-11-1-2-12-38)39-16-22(15-35-39)19-7-9-33-10-8-19/h3-10,15-18,21,23,27,43H,1-2,11-14H2/q+1/t21-,23-,27?/m0/s1. The highest BCUT2D eigenvalue weighted by Gasteiger charge is 2.47. The van der Waals surface area contributed by atoms with E-state index in [9.17, 15) is 10.0 Å². The van der Waals surface area contributed by atoms with Gasteiger partial charge in [0.15, 0.2) is 5.82 Å². The third kappa shape index (κ3) is 5.22. The molecule has 5 aromatic rings. The molecule has 13 heteroatoms. The summed E-state index contributed by atoms with van der Waals surface area (Å²) in [6.07, 6.45) is 13.5. The Bertz CT molecular complexity index is 1770. The van der Waals surface area contributed by atoms with E-state index in [0.29, 0.717) is 23.4 Å². The second-order valence-electron chi connectivity index (χ2n) is 11.0. The molecule has 0 radical (unpaired) electrons. The van der Waals surface area contributed by atoms with Gasteiger partial charge in [0, 0.05) is 54.0 Å². The van der Waals surface area contributed by atoms with Crippen LogP contribution in [0.25, 0.3) is 27.9 Å². The first-order valence-corrected chi connectivity index (χ1v) is 14.6. The highest BCUT2D eigenvalue weighted by molar-refractivity contribution is 6.31. The molecule has 2 aliphatic rings. The van der Waals surface area contributed by atoms with Crippen molar-refractivity contribution in [3.05, 3.63) is 90.2 Å². The second-order valence-corrected chi connectivity index (χ2v) is 11.4. The van der Waals surface area contributed by atoms with Crippen LogP contribution in [0.15, 0.2) is 73.7 Å². The van der Waals surface area contributed by atoms with Crippen LogP contribution in [0.1, 0.15) is 37.4 Å². The van der Waals surface area contributed by atoms with Gasteiger partial charge < -0.3 is 4.90 Å². The number of nitrogens with zero attached hydrogens (tertiary/aromatic N) is 9. The van der Waals surface area contributed by atoms with E-state index in [1.807, 2.05) is 27.9 Å². The van der Waals surface area contributed by atoms with Crippen molar-refractivity contribution in [3.63, 3.8) is 0 Å². The van der Waals surface area contributed by atoms with Gasteiger partial charge in [-0.1, -0.05) is 11.6 Å². The molecule has 1 unspecified atom stereocenters. The fourth-order valence-corrected chi connectivity index (χ4v) is 6.18. The van der Waals surface area contributed by atoms with Crippen LogP contribution in [0.3, 0.4) is 0 Å². The van der Waals surface area contributed by atoms with Crippen LogP contribution in [-0.2, 0) is 4.79 Å². The highest BCUT2D eigenvalue weighted by atomic mass is 35.5. The predicted octanol–water partition coefficient (Wildman–Crippen LogP) is 4.14. The molecule has 1 saturated heterocycles. The molecule has 1 aromatic carbocycles. The van der Waals surface area contributed by atoms with Crippen molar-refractivity contribution >= 4 is 17.5 Å². The smallest absolute Gasteiger partial charge is 0.258 e. The number of amides is 1. The minimum absolute atomic E-state index is 0.0262. The van der Waals surface area contributed by atoms with Gasteiger partial charge in [0.05, 0.1) is 28.0 Å². The summed E-state index contributed by atoms with van der Waals surface area (Å²) in [7, 11) is 0. The largest absolute Gasteiger partial charge is 0.342 e. The number of rotatable bonds is 8. The number of hydrogen-bond acceptors (Lipinski definition) is 7. The molecule has 1 N–H and O–H groups in total. The van der Waals surface area contributed by atoms with Gasteiger partial charge in [0.25, 0.3) is 5.69 Å². The molecule has 3 atom stereocenters. The maximum absolute atomic E-state index is 15.4. The van der Waals surface area contributed by atoms with E-state index in [2.05, 4.69) is 25.6 Å². The lowest BCUT2D eigenvalue weighted by atomic mass is 10.0. The van der Waals surface area contributed by atoms with Gasteiger partial charge in [-0.15, -0.1) is 5.10 Å². The first-order chi connectivity index (χ1) is 21.0. The van der Waals surface area contributed by atoms with Gasteiger partial charge >= 0.3 is 0 Å². The van der Waals surface area contributed by atoms with Gasteiger partial charge in [-0.3, -0.25) is 19.7 Å². The average Bonchev–Trinajstić information content (AvgIpc) is 3.51. The Morgan fingerprint density at radius 2 is 1.91 bits per heavy atom. The van der Waals surface area contributed by atoms with Crippen LogP contribution in [0.5, 0.6) is 0 Å². The van der Waals surface area contributed by atoms with Gasteiger partial charge in [0.2, 0.25) is 12.1 Å². The number of carbonyl (C=O) groups excluding carboxylic acids is 1. The third-order valence-corrected chi connectivity index (χ3v) is 8.67. The minimum Gasteiger partial charge on any atom is -0.342 e. The van der Waals surface area contributed by atoms with Gasteiger partial charge in [-0.05, 0) is 77.9 Å². The number of halogens is 2. The Balaban J connectivity index is 1.24. The molecule has 7 rings (SSSR count). The van der Waals surface area contributed by atoms with Crippen molar-refractivity contribution in [2.75, 3.05) is 13.1 Å². The molecule has 0 spiro atoms. The number of hydrogen-bond donors (Lipinski definition) is 1. The molecule has 43 heavy (non-hydrogen) atoms. The second kappa shape index (κ2) is 11.2. The molecular weight excluding hydrogens is 573 g/mol. The Hall–Kier alpha value is -4.71. The van der Waals surface area contributed by atoms with Gasteiger partial charge in [-0.2, -0.15) is 9.78 Å². The van der Waals surface area contributed by atoms with E-state index in [1.54, 1.807) is 36.8 Å². The molecule has 2 fully saturated rings. The van der Waals surface area contributed by atoms with E-state index in [1.165, 1.54) is 23.3 Å². The zero-order valence-electron chi connectivity index (χ0n) is 23.0. The van der Waals surface area contributed by atoms with Gasteiger partial charge in [-0.25, -0.2) is 4.39 Å². The molecule has 218 valence electrons. The molecule has 0 bridgehead atoms. The zero-order chi connectivity index (χ0) is 29.5. The van der Waals surface area contributed by atoms with Crippen LogP contribution in [0, 0.1) is 17.7 Å². The summed E-state index contributed by atoms with van der Waals surface area (Å²) in [6.45, 7) is 1.65. The normalized spacial score (nSPS) is 18.6. The molecule has 4 aromatic heterocycles. The monoisotopic (exact) mass is 600 g/mol. The van der Waals surface area contributed by atoms with Crippen molar-refractivity contribution in [2.24, 2.45) is 11.8 Å². The third-order valence-electron chi connectivity index (χ3n) is 8.38. The molecule has 1 aliphatic carbocycles. The fourth-order valence-electron chi connectivity index (χ4n) is 6.03. The van der Waals surface area contributed by atoms with E-state index < -0.39 is 5.82 Å². The van der Waals surface area contributed by atoms with Crippen molar-refractivity contribution in [1.82, 2.24) is 39.9 Å². The van der Waals surface area contributed by atoms with Crippen LogP contribution < -0.4 is 4.73 Å². The van der Waals surface area contributed by atoms with Crippen LogP contribution >= 0.6 is 11.6 Å². The SMILES string of the molecule is O=C([C@H]1C[C@H]1CC(c1ccc(-c2c(-n3cnnn3)ccc(Cl)c2F)c[n+]1O)n1cc(-c2ccncc2)cn1)N1CCCC1. The quantitative estimate of drug-likeness (QED) is 0.210. The van der Waals surface area contributed by atoms with Crippen LogP contribution in [-0.4, -0.2) is 64.1 Å². The van der Waals surface area contributed by atoms with E-state index >= 15 is 4.39 Å². The molecule has 1 amide bonds. The number of carbonyl (C=O) groups is 1. The summed E-state index contributed by atoms with van der Waals surface area (Å²) < 4.78 is 19.6. The lowest BCUT2D eigenvalue weighted by Gasteiger charge is -2.17. The average molecular weight is 601 g/mol. The first-order valence-electron chi connectivity index (χ1n) is 14.2. The van der Waals surface area contributed by atoms with Gasteiger partial charge in [0.1, 0.15) is 12.4 Å². The molecule has 1 saturated carbocycles. The number of aromatic nitrogens is 8. The first kappa shape index (κ1) is 27.1. The van der Waals surface area contributed by atoms with Crippen LogP contribution in [0.2, 0.25) is 5.02 Å². The summed E-state index contributed by atoms with van der Waals surface area (Å²) in [5, 5.41) is 27.2. The van der Waals surface area contributed by atoms with Crippen molar-refractivity contribution < 1.29 is 19.1 Å². The van der Waals surface area contributed by atoms with E-state index in [4.69, 9.17) is 11.6 Å². The van der Waals surface area contributed by atoms with Crippen molar-refractivity contribution in [1.29, 1.82) is 0 Å². The van der Waals surface area contributed by atoms with Crippen molar-refractivity contribution in [3.8, 4) is 27.9 Å². The minimum atomic E-state index is -0.658. The Morgan fingerprint density at radius 1 is 1.09 bits per heavy atom. The topological polar surface area (TPSA) is 119 Å². The lowest BCUT2D eigenvalue weighted by molar-refractivity contribution is -0.910. The number of pyridine rings is 2. The number of likely N-dealkylation sites (tertiary alicyclic amines) is 1.